The summed E-state index contributed by atoms with van der Waals surface area (Å²) in [6, 6.07) is 7.66. The average Bonchev–Trinajstić information content (AvgIpc) is 3.14. The maximum atomic E-state index is 12.8. The van der Waals surface area contributed by atoms with Gasteiger partial charge >= 0.3 is 0 Å². The van der Waals surface area contributed by atoms with Crippen molar-refractivity contribution in [3.05, 3.63) is 24.3 Å². The topological polar surface area (TPSA) is 81.9 Å². The van der Waals surface area contributed by atoms with Crippen molar-refractivity contribution in [2.24, 2.45) is 17.8 Å². The molecule has 0 radical (unpaired) electrons. The van der Waals surface area contributed by atoms with Gasteiger partial charge in [0.2, 0.25) is 11.1 Å². The summed E-state index contributed by atoms with van der Waals surface area (Å²) < 4.78 is 7.34. The van der Waals surface area contributed by atoms with Gasteiger partial charge in [-0.3, -0.25) is 4.79 Å². The van der Waals surface area contributed by atoms with E-state index in [2.05, 4.69) is 20.8 Å². The predicted molar refractivity (Wildman–Crippen MR) is 110 cm³/mol. The van der Waals surface area contributed by atoms with E-state index in [1.807, 2.05) is 31.2 Å². The Bertz CT molecular complexity index is 863. The molecule has 1 heterocycles. The zero-order valence-electron chi connectivity index (χ0n) is 16.7. The third-order valence-corrected chi connectivity index (χ3v) is 7.53. The smallest absolute Gasteiger partial charge is 0.230 e. The van der Waals surface area contributed by atoms with Crippen LogP contribution in [0.4, 0.5) is 0 Å². The Morgan fingerprint density at radius 2 is 1.90 bits per heavy atom. The van der Waals surface area contributed by atoms with E-state index in [1.165, 1.54) is 31.0 Å². The summed E-state index contributed by atoms with van der Waals surface area (Å²) in [6.07, 6.45) is 7.60. The molecule has 2 aromatic rings. The van der Waals surface area contributed by atoms with Crippen molar-refractivity contribution in [1.29, 1.82) is 0 Å². The van der Waals surface area contributed by atoms with Gasteiger partial charge in [0, 0.05) is 5.54 Å². The number of hydrogen-bond donors (Lipinski definition) is 1. The molecule has 4 saturated carbocycles. The Labute approximate surface area is 175 Å². The van der Waals surface area contributed by atoms with E-state index < -0.39 is 0 Å². The van der Waals surface area contributed by atoms with Crippen LogP contribution in [0.15, 0.2) is 29.4 Å². The van der Waals surface area contributed by atoms with E-state index >= 15 is 0 Å². The highest BCUT2D eigenvalue weighted by Gasteiger charge is 2.51. The van der Waals surface area contributed by atoms with Crippen LogP contribution in [-0.2, 0) is 4.79 Å². The van der Waals surface area contributed by atoms with Crippen LogP contribution in [0.2, 0.25) is 0 Å². The summed E-state index contributed by atoms with van der Waals surface area (Å²) in [5, 5.41) is 16.1. The average molecular weight is 414 g/mol. The van der Waals surface area contributed by atoms with Crippen molar-refractivity contribution < 1.29 is 9.53 Å². The first kappa shape index (κ1) is 18.9. The second-order valence-corrected chi connectivity index (χ2v) is 9.75. The van der Waals surface area contributed by atoms with Crippen LogP contribution in [-0.4, -0.2) is 44.0 Å². The Morgan fingerprint density at radius 3 is 2.59 bits per heavy atom. The molecule has 0 spiro atoms. The van der Waals surface area contributed by atoms with E-state index in [0.717, 1.165) is 48.5 Å². The van der Waals surface area contributed by atoms with Gasteiger partial charge in [-0.25, -0.2) is 0 Å². The van der Waals surface area contributed by atoms with Crippen LogP contribution in [0.1, 0.15) is 45.4 Å². The number of nitrogens with one attached hydrogen (secondary N) is 1. The molecule has 8 heteroatoms. The number of aromatic nitrogens is 4. The lowest BCUT2D eigenvalue weighted by atomic mass is 9.53. The quantitative estimate of drug-likeness (QED) is 0.702. The number of tetrazole rings is 1. The number of para-hydroxylation sites is 2. The highest BCUT2D eigenvalue weighted by molar-refractivity contribution is 7.99. The minimum Gasteiger partial charge on any atom is -0.492 e. The van der Waals surface area contributed by atoms with Crippen LogP contribution >= 0.6 is 11.8 Å². The van der Waals surface area contributed by atoms with Crippen molar-refractivity contribution in [1.82, 2.24) is 25.5 Å². The number of benzene rings is 1. The third kappa shape index (κ3) is 3.74. The number of thioether (sulfide) groups is 1. The molecule has 4 aliphatic carbocycles. The van der Waals surface area contributed by atoms with Crippen LogP contribution in [0.25, 0.3) is 5.69 Å². The van der Waals surface area contributed by atoms with Crippen molar-refractivity contribution in [2.75, 3.05) is 12.4 Å². The first-order valence-corrected chi connectivity index (χ1v) is 11.6. The number of rotatable bonds is 7. The van der Waals surface area contributed by atoms with Gasteiger partial charge in [-0.2, -0.15) is 4.68 Å². The summed E-state index contributed by atoms with van der Waals surface area (Å²) in [6.45, 7) is 2.51. The fourth-order valence-electron chi connectivity index (χ4n) is 6.06. The summed E-state index contributed by atoms with van der Waals surface area (Å²) in [7, 11) is 0. The Balaban J connectivity index is 1.25. The molecule has 29 heavy (non-hydrogen) atoms. The van der Waals surface area contributed by atoms with Gasteiger partial charge in [-0.05, 0) is 85.8 Å². The number of amides is 1. The molecule has 1 aromatic carbocycles. The van der Waals surface area contributed by atoms with E-state index in [0.29, 0.717) is 17.5 Å². The molecule has 4 fully saturated rings. The fraction of sp³-hybridized carbons (Fsp3) is 0.619. The molecule has 0 atom stereocenters. The van der Waals surface area contributed by atoms with E-state index in [-0.39, 0.29) is 11.4 Å². The first-order valence-electron chi connectivity index (χ1n) is 10.6. The molecule has 0 saturated heterocycles. The normalized spacial score (nSPS) is 29.8. The minimum absolute atomic E-state index is 0.0415. The lowest BCUT2D eigenvalue weighted by Gasteiger charge is -2.56. The lowest BCUT2D eigenvalue weighted by molar-refractivity contribution is -0.124. The third-order valence-electron chi connectivity index (χ3n) is 6.61. The van der Waals surface area contributed by atoms with Crippen molar-refractivity contribution in [2.45, 2.75) is 56.1 Å². The summed E-state index contributed by atoms with van der Waals surface area (Å²) in [5.74, 6) is 3.58. The number of nitrogens with zero attached hydrogens (tertiary/aromatic N) is 4. The molecule has 4 bridgehead atoms. The van der Waals surface area contributed by atoms with Crippen molar-refractivity contribution in [3.8, 4) is 11.4 Å². The summed E-state index contributed by atoms with van der Waals surface area (Å²) in [5.41, 5.74) is 0.822. The second kappa shape index (κ2) is 7.63. The maximum absolute atomic E-state index is 12.8. The Kier molecular flexibility index (Phi) is 4.97. The minimum atomic E-state index is 0.0415. The monoisotopic (exact) mass is 413 g/mol. The van der Waals surface area contributed by atoms with Crippen LogP contribution in [0.3, 0.4) is 0 Å². The standard InChI is InChI=1S/C21H27N5O2S/c1-2-28-18-6-4-3-5-17(18)26-20(23-24-25-26)29-13-19(27)22-21-10-14-7-15(11-21)9-16(8-14)12-21/h3-6,14-16H,2,7-13H2,1H3,(H,22,27). The van der Waals surface area contributed by atoms with Crippen molar-refractivity contribution in [3.63, 3.8) is 0 Å². The van der Waals surface area contributed by atoms with Crippen LogP contribution in [0.5, 0.6) is 5.75 Å². The number of carbonyl (C=O) groups is 1. The molecule has 7 nitrogen and oxygen atoms in total. The van der Waals surface area contributed by atoms with Gasteiger partial charge in [0.1, 0.15) is 11.4 Å². The molecule has 1 aromatic heterocycles. The SMILES string of the molecule is CCOc1ccccc1-n1nnnc1SCC(=O)NC12CC3CC(CC(C3)C1)C2. The first-order chi connectivity index (χ1) is 14.1. The highest BCUT2D eigenvalue weighted by Crippen LogP contribution is 2.55. The highest BCUT2D eigenvalue weighted by atomic mass is 32.2. The van der Waals surface area contributed by atoms with Gasteiger partial charge in [0.25, 0.3) is 0 Å². The lowest BCUT2D eigenvalue weighted by Crippen LogP contribution is -2.60. The van der Waals surface area contributed by atoms with E-state index in [1.54, 1.807) is 4.68 Å². The van der Waals surface area contributed by atoms with Crippen molar-refractivity contribution >= 4 is 17.7 Å². The zero-order chi connectivity index (χ0) is 19.8. The fourth-order valence-corrected chi connectivity index (χ4v) is 6.74. The van der Waals surface area contributed by atoms with Gasteiger partial charge < -0.3 is 10.1 Å². The summed E-state index contributed by atoms with van der Waals surface area (Å²) >= 11 is 1.37. The molecular weight excluding hydrogens is 386 g/mol. The van der Waals surface area contributed by atoms with Gasteiger partial charge in [0.15, 0.2) is 0 Å². The van der Waals surface area contributed by atoms with Gasteiger partial charge in [-0.1, -0.05) is 23.9 Å². The van der Waals surface area contributed by atoms with E-state index in [9.17, 15) is 4.79 Å². The maximum Gasteiger partial charge on any atom is 0.230 e. The van der Waals surface area contributed by atoms with Gasteiger partial charge in [-0.15, -0.1) is 5.10 Å². The molecular formula is C21H27N5O2S. The zero-order valence-corrected chi connectivity index (χ0v) is 17.5. The van der Waals surface area contributed by atoms with E-state index in [4.69, 9.17) is 4.74 Å². The Morgan fingerprint density at radius 1 is 1.21 bits per heavy atom. The summed E-state index contributed by atoms with van der Waals surface area (Å²) in [4.78, 5) is 12.8. The number of ether oxygens (including phenoxy) is 1. The molecule has 6 rings (SSSR count). The molecule has 0 aliphatic heterocycles. The molecule has 154 valence electrons. The molecule has 0 unspecified atom stereocenters. The van der Waals surface area contributed by atoms with Gasteiger partial charge in [0.05, 0.1) is 12.4 Å². The predicted octanol–water partition coefficient (Wildman–Crippen LogP) is 3.24. The number of hydrogen-bond acceptors (Lipinski definition) is 6. The number of carbonyl (C=O) groups excluding carboxylic acids is 1. The Hall–Kier alpha value is -2.09. The largest absolute Gasteiger partial charge is 0.492 e. The van der Waals surface area contributed by atoms with Crippen LogP contribution < -0.4 is 10.1 Å². The molecule has 1 amide bonds. The second-order valence-electron chi connectivity index (χ2n) is 8.81. The van der Waals surface area contributed by atoms with Crippen LogP contribution in [0, 0.1) is 17.8 Å². The molecule has 1 N–H and O–H groups in total. The molecule has 4 aliphatic rings.